The SMILES string of the molecule is CC(C)NCc1nc(COc2ccc(F)c(Br)c2)cs1. The lowest BCUT2D eigenvalue weighted by molar-refractivity contribution is 0.301. The van der Waals surface area contributed by atoms with Gasteiger partial charge >= 0.3 is 0 Å². The molecule has 0 radical (unpaired) electrons. The van der Waals surface area contributed by atoms with Gasteiger partial charge in [0, 0.05) is 18.0 Å². The molecular formula is C14H16BrFN2OS. The lowest BCUT2D eigenvalue weighted by Gasteiger charge is -2.05. The Morgan fingerprint density at radius 3 is 2.95 bits per heavy atom. The second kappa shape index (κ2) is 7.15. The molecule has 20 heavy (non-hydrogen) atoms. The first-order chi connectivity index (χ1) is 9.54. The summed E-state index contributed by atoms with van der Waals surface area (Å²) in [7, 11) is 0. The van der Waals surface area contributed by atoms with Crippen LogP contribution in [0.25, 0.3) is 0 Å². The molecule has 0 unspecified atom stereocenters. The average molecular weight is 359 g/mol. The normalized spacial score (nSPS) is 11.1. The average Bonchev–Trinajstić information content (AvgIpc) is 2.86. The Balaban J connectivity index is 1.89. The van der Waals surface area contributed by atoms with Crippen LogP contribution in [-0.2, 0) is 13.2 Å². The summed E-state index contributed by atoms with van der Waals surface area (Å²) in [4.78, 5) is 4.48. The molecule has 6 heteroatoms. The summed E-state index contributed by atoms with van der Waals surface area (Å²) in [6.45, 7) is 5.36. The van der Waals surface area contributed by atoms with Crippen molar-refractivity contribution in [1.82, 2.24) is 10.3 Å². The van der Waals surface area contributed by atoms with E-state index in [0.29, 0.717) is 22.9 Å². The van der Waals surface area contributed by atoms with Crippen LogP contribution in [0, 0.1) is 5.82 Å². The van der Waals surface area contributed by atoms with Gasteiger partial charge in [0.2, 0.25) is 0 Å². The summed E-state index contributed by atoms with van der Waals surface area (Å²) in [6, 6.07) is 5.03. The van der Waals surface area contributed by atoms with E-state index in [1.165, 1.54) is 6.07 Å². The zero-order valence-corrected chi connectivity index (χ0v) is 13.7. The predicted molar refractivity (Wildman–Crippen MR) is 82.5 cm³/mol. The van der Waals surface area contributed by atoms with Gasteiger partial charge in [-0.1, -0.05) is 13.8 Å². The molecule has 0 spiro atoms. The highest BCUT2D eigenvalue weighted by molar-refractivity contribution is 9.10. The van der Waals surface area contributed by atoms with Gasteiger partial charge in [-0.25, -0.2) is 9.37 Å². The number of ether oxygens (including phenoxy) is 1. The lowest BCUT2D eigenvalue weighted by atomic mass is 10.3. The van der Waals surface area contributed by atoms with Gasteiger partial charge in [0.05, 0.1) is 10.2 Å². The highest BCUT2D eigenvalue weighted by Crippen LogP contribution is 2.22. The van der Waals surface area contributed by atoms with Crippen molar-refractivity contribution in [2.75, 3.05) is 0 Å². The first-order valence-electron chi connectivity index (χ1n) is 6.29. The van der Waals surface area contributed by atoms with E-state index in [2.05, 4.69) is 40.1 Å². The Labute approximate surface area is 130 Å². The van der Waals surface area contributed by atoms with Crippen LogP contribution < -0.4 is 10.1 Å². The summed E-state index contributed by atoms with van der Waals surface area (Å²) < 4.78 is 19.1. The molecule has 0 bridgehead atoms. The predicted octanol–water partition coefficient (Wildman–Crippen LogP) is 4.12. The minimum Gasteiger partial charge on any atom is -0.487 e. The zero-order valence-electron chi connectivity index (χ0n) is 11.3. The van der Waals surface area contributed by atoms with Gasteiger partial charge < -0.3 is 10.1 Å². The summed E-state index contributed by atoms with van der Waals surface area (Å²) in [5, 5.41) is 6.34. The quantitative estimate of drug-likeness (QED) is 0.843. The highest BCUT2D eigenvalue weighted by Gasteiger charge is 2.05. The minimum atomic E-state index is -0.298. The van der Waals surface area contributed by atoms with E-state index in [-0.39, 0.29) is 5.82 Å². The monoisotopic (exact) mass is 358 g/mol. The molecule has 0 aliphatic carbocycles. The van der Waals surface area contributed by atoms with Crippen molar-refractivity contribution in [3.63, 3.8) is 0 Å². The molecule has 3 nitrogen and oxygen atoms in total. The zero-order chi connectivity index (χ0) is 14.5. The smallest absolute Gasteiger partial charge is 0.137 e. The molecule has 2 aromatic rings. The molecule has 0 saturated carbocycles. The Hall–Kier alpha value is -0.980. The molecule has 0 amide bonds. The molecule has 0 atom stereocenters. The van der Waals surface area contributed by atoms with Crippen molar-refractivity contribution in [3.05, 3.63) is 44.6 Å². The Bertz CT molecular complexity index is 574. The largest absolute Gasteiger partial charge is 0.487 e. The van der Waals surface area contributed by atoms with Crippen LogP contribution in [0.1, 0.15) is 24.5 Å². The maximum atomic E-state index is 13.1. The third-order valence-electron chi connectivity index (χ3n) is 2.54. The van der Waals surface area contributed by atoms with Crippen molar-refractivity contribution < 1.29 is 9.13 Å². The van der Waals surface area contributed by atoms with Gasteiger partial charge in [0.15, 0.2) is 0 Å². The molecule has 1 aromatic heterocycles. The van der Waals surface area contributed by atoms with Crippen LogP contribution in [0.4, 0.5) is 4.39 Å². The summed E-state index contributed by atoms with van der Waals surface area (Å²) in [5.41, 5.74) is 0.885. The van der Waals surface area contributed by atoms with Crippen LogP contribution in [0.5, 0.6) is 5.75 Å². The number of halogens is 2. The van der Waals surface area contributed by atoms with E-state index < -0.39 is 0 Å². The molecule has 1 N–H and O–H groups in total. The molecule has 1 heterocycles. The molecule has 0 aliphatic rings. The van der Waals surface area contributed by atoms with Crippen molar-refractivity contribution in [2.45, 2.75) is 33.0 Å². The fourth-order valence-corrected chi connectivity index (χ4v) is 2.60. The summed E-state index contributed by atoms with van der Waals surface area (Å²) >= 11 is 4.74. The van der Waals surface area contributed by atoms with E-state index in [1.807, 2.05) is 5.38 Å². The van der Waals surface area contributed by atoms with E-state index in [9.17, 15) is 4.39 Å². The standard InChI is InChI=1S/C14H16BrFN2OS/c1-9(2)17-6-14-18-10(8-20-14)7-19-11-3-4-13(16)12(15)5-11/h3-5,8-9,17H,6-7H2,1-2H3. The van der Waals surface area contributed by atoms with Crippen molar-refractivity contribution in [2.24, 2.45) is 0 Å². The molecule has 0 saturated heterocycles. The third kappa shape index (κ3) is 4.54. The maximum Gasteiger partial charge on any atom is 0.137 e. The van der Waals surface area contributed by atoms with Crippen LogP contribution in [0.15, 0.2) is 28.1 Å². The Morgan fingerprint density at radius 1 is 1.45 bits per heavy atom. The Morgan fingerprint density at radius 2 is 2.25 bits per heavy atom. The van der Waals surface area contributed by atoms with E-state index in [1.54, 1.807) is 23.5 Å². The highest BCUT2D eigenvalue weighted by atomic mass is 79.9. The van der Waals surface area contributed by atoms with Crippen LogP contribution >= 0.6 is 27.3 Å². The minimum absolute atomic E-state index is 0.298. The number of benzene rings is 1. The fourth-order valence-electron chi connectivity index (χ4n) is 1.51. The van der Waals surface area contributed by atoms with Gasteiger partial charge in [0.1, 0.15) is 23.2 Å². The van der Waals surface area contributed by atoms with Crippen LogP contribution in [0.2, 0.25) is 0 Å². The first-order valence-corrected chi connectivity index (χ1v) is 7.96. The lowest BCUT2D eigenvalue weighted by Crippen LogP contribution is -2.21. The topological polar surface area (TPSA) is 34.2 Å². The molecule has 1 aromatic carbocycles. The van der Waals surface area contributed by atoms with Gasteiger partial charge in [0.25, 0.3) is 0 Å². The van der Waals surface area contributed by atoms with E-state index in [0.717, 1.165) is 17.2 Å². The van der Waals surface area contributed by atoms with Crippen LogP contribution in [0.3, 0.4) is 0 Å². The summed E-state index contributed by atoms with van der Waals surface area (Å²) in [6.07, 6.45) is 0. The second-order valence-electron chi connectivity index (χ2n) is 4.63. The number of rotatable bonds is 6. The van der Waals surface area contributed by atoms with Crippen LogP contribution in [-0.4, -0.2) is 11.0 Å². The van der Waals surface area contributed by atoms with Gasteiger partial charge in [-0.05, 0) is 34.1 Å². The number of thiazole rings is 1. The fraction of sp³-hybridized carbons (Fsp3) is 0.357. The van der Waals surface area contributed by atoms with E-state index >= 15 is 0 Å². The van der Waals surface area contributed by atoms with Crippen molar-refractivity contribution in [3.8, 4) is 5.75 Å². The first kappa shape index (κ1) is 15.4. The Kier molecular flexibility index (Phi) is 5.51. The van der Waals surface area contributed by atoms with Crippen molar-refractivity contribution in [1.29, 1.82) is 0 Å². The molecular weight excluding hydrogens is 343 g/mol. The molecule has 0 fully saturated rings. The second-order valence-corrected chi connectivity index (χ2v) is 6.43. The van der Waals surface area contributed by atoms with Gasteiger partial charge in [-0.3, -0.25) is 0 Å². The maximum absolute atomic E-state index is 13.1. The van der Waals surface area contributed by atoms with Gasteiger partial charge in [-0.15, -0.1) is 11.3 Å². The van der Waals surface area contributed by atoms with Gasteiger partial charge in [-0.2, -0.15) is 0 Å². The number of hydrogen-bond donors (Lipinski definition) is 1. The number of nitrogens with zero attached hydrogens (tertiary/aromatic N) is 1. The molecule has 0 aliphatic heterocycles. The van der Waals surface area contributed by atoms with Crippen molar-refractivity contribution >= 4 is 27.3 Å². The number of hydrogen-bond acceptors (Lipinski definition) is 4. The molecule has 108 valence electrons. The number of nitrogens with one attached hydrogen (secondary N) is 1. The molecule has 2 rings (SSSR count). The number of aromatic nitrogens is 1. The third-order valence-corrected chi connectivity index (χ3v) is 4.04. The van der Waals surface area contributed by atoms with E-state index in [4.69, 9.17) is 4.74 Å². The summed E-state index contributed by atoms with van der Waals surface area (Å²) in [5.74, 6) is 0.321.